The van der Waals surface area contributed by atoms with Gasteiger partial charge in [-0.15, -0.1) is 0 Å². The molecule has 1 aromatic carbocycles. The maximum atomic E-state index is 12.1. The van der Waals surface area contributed by atoms with Crippen molar-refractivity contribution in [2.24, 2.45) is 17.6 Å². The lowest BCUT2D eigenvalue weighted by Crippen LogP contribution is -2.31. The zero-order valence-corrected chi connectivity index (χ0v) is 11.7. The first kappa shape index (κ1) is 14.1. The minimum atomic E-state index is 0.219. The second-order valence-electron chi connectivity index (χ2n) is 5.59. The standard InChI is InChI=1S/C16H24N2O/c1-12-3-2-4-15(12)16(19)18-11-14-7-5-13(6-8-14)9-10-17/h5-8,12,15H,2-4,9-11,17H2,1H3,(H,18,19). The number of amides is 1. The fourth-order valence-corrected chi connectivity index (χ4v) is 2.85. The van der Waals surface area contributed by atoms with Crippen molar-refractivity contribution in [2.75, 3.05) is 6.54 Å². The first-order chi connectivity index (χ1) is 9.20. The van der Waals surface area contributed by atoms with E-state index < -0.39 is 0 Å². The Hall–Kier alpha value is -1.35. The Kier molecular flexibility index (Phi) is 4.97. The summed E-state index contributed by atoms with van der Waals surface area (Å²) in [6.07, 6.45) is 4.33. The molecule has 1 amide bonds. The molecule has 1 aromatic rings. The van der Waals surface area contributed by atoms with Gasteiger partial charge in [0.15, 0.2) is 0 Å². The van der Waals surface area contributed by atoms with Gasteiger partial charge in [-0.1, -0.05) is 37.6 Å². The van der Waals surface area contributed by atoms with Crippen LogP contribution in [0, 0.1) is 11.8 Å². The van der Waals surface area contributed by atoms with E-state index in [0.717, 1.165) is 18.4 Å². The molecule has 3 heteroatoms. The molecule has 3 nitrogen and oxygen atoms in total. The van der Waals surface area contributed by atoms with Crippen molar-refractivity contribution in [1.82, 2.24) is 5.32 Å². The molecular weight excluding hydrogens is 236 g/mol. The predicted octanol–water partition coefficient (Wildman–Crippen LogP) is 2.24. The summed E-state index contributed by atoms with van der Waals surface area (Å²) >= 11 is 0. The van der Waals surface area contributed by atoms with Crippen LogP contribution in [0.5, 0.6) is 0 Å². The first-order valence-electron chi connectivity index (χ1n) is 7.26. The molecule has 0 aromatic heterocycles. The zero-order valence-electron chi connectivity index (χ0n) is 11.7. The lowest BCUT2D eigenvalue weighted by Gasteiger charge is -2.15. The average molecular weight is 260 g/mol. The van der Waals surface area contributed by atoms with Gasteiger partial charge in [0.1, 0.15) is 0 Å². The fraction of sp³-hybridized carbons (Fsp3) is 0.562. The summed E-state index contributed by atoms with van der Waals surface area (Å²) in [6.45, 7) is 3.49. The smallest absolute Gasteiger partial charge is 0.223 e. The molecule has 2 rings (SSSR count). The van der Waals surface area contributed by atoms with Crippen LogP contribution in [0.25, 0.3) is 0 Å². The van der Waals surface area contributed by atoms with E-state index in [0.29, 0.717) is 19.0 Å². The molecule has 0 bridgehead atoms. The van der Waals surface area contributed by atoms with Crippen LogP contribution < -0.4 is 11.1 Å². The number of nitrogens with two attached hydrogens (primary N) is 1. The highest BCUT2D eigenvalue weighted by Gasteiger charge is 2.29. The number of hydrogen-bond acceptors (Lipinski definition) is 2. The Morgan fingerprint density at radius 2 is 1.95 bits per heavy atom. The van der Waals surface area contributed by atoms with Crippen LogP contribution >= 0.6 is 0 Å². The maximum Gasteiger partial charge on any atom is 0.223 e. The predicted molar refractivity (Wildman–Crippen MR) is 77.6 cm³/mol. The molecule has 0 radical (unpaired) electrons. The van der Waals surface area contributed by atoms with Crippen LogP contribution in [0.4, 0.5) is 0 Å². The quantitative estimate of drug-likeness (QED) is 0.853. The minimum absolute atomic E-state index is 0.219. The normalized spacial score (nSPS) is 22.4. The van der Waals surface area contributed by atoms with Crippen molar-refractivity contribution in [3.8, 4) is 0 Å². The van der Waals surface area contributed by atoms with Crippen LogP contribution in [0.2, 0.25) is 0 Å². The van der Waals surface area contributed by atoms with Crippen molar-refractivity contribution in [1.29, 1.82) is 0 Å². The molecule has 0 heterocycles. The Morgan fingerprint density at radius 1 is 1.26 bits per heavy atom. The Balaban J connectivity index is 1.83. The minimum Gasteiger partial charge on any atom is -0.352 e. The summed E-state index contributed by atoms with van der Waals surface area (Å²) in [7, 11) is 0. The molecule has 3 N–H and O–H groups in total. The summed E-state index contributed by atoms with van der Waals surface area (Å²) < 4.78 is 0. The molecule has 1 aliphatic rings. The third-order valence-electron chi connectivity index (χ3n) is 4.12. The van der Waals surface area contributed by atoms with Crippen molar-refractivity contribution < 1.29 is 4.79 Å². The monoisotopic (exact) mass is 260 g/mol. The van der Waals surface area contributed by atoms with Crippen LogP contribution in [-0.4, -0.2) is 12.5 Å². The summed E-state index contributed by atoms with van der Waals surface area (Å²) in [5, 5.41) is 3.06. The van der Waals surface area contributed by atoms with Gasteiger partial charge >= 0.3 is 0 Å². The Labute approximate surface area is 115 Å². The molecule has 0 aliphatic heterocycles. The molecular formula is C16H24N2O. The number of nitrogens with one attached hydrogen (secondary N) is 1. The van der Waals surface area contributed by atoms with Crippen molar-refractivity contribution >= 4 is 5.91 Å². The van der Waals surface area contributed by atoms with E-state index in [1.807, 2.05) is 0 Å². The van der Waals surface area contributed by atoms with E-state index in [1.54, 1.807) is 0 Å². The Morgan fingerprint density at radius 3 is 2.53 bits per heavy atom. The summed E-state index contributed by atoms with van der Waals surface area (Å²) in [6, 6.07) is 8.33. The lowest BCUT2D eigenvalue weighted by atomic mass is 9.97. The highest BCUT2D eigenvalue weighted by Crippen LogP contribution is 2.31. The van der Waals surface area contributed by atoms with Crippen molar-refractivity contribution in [3.63, 3.8) is 0 Å². The van der Waals surface area contributed by atoms with Gasteiger partial charge in [0.25, 0.3) is 0 Å². The van der Waals surface area contributed by atoms with E-state index >= 15 is 0 Å². The van der Waals surface area contributed by atoms with Gasteiger partial charge in [-0.2, -0.15) is 0 Å². The molecule has 104 valence electrons. The van der Waals surface area contributed by atoms with Gasteiger partial charge in [-0.25, -0.2) is 0 Å². The van der Waals surface area contributed by atoms with E-state index in [4.69, 9.17) is 5.73 Å². The summed E-state index contributed by atoms with van der Waals surface area (Å²) in [5.41, 5.74) is 7.93. The fourth-order valence-electron chi connectivity index (χ4n) is 2.85. The van der Waals surface area contributed by atoms with Crippen LogP contribution in [0.3, 0.4) is 0 Å². The number of benzene rings is 1. The first-order valence-corrected chi connectivity index (χ1v) is 7.26. The molecule has 1 saturated carbocycles. The van der Waals surface area contributed by atoms with Crippen LogP contribution in [0.1, 0.15) is 37.3 Å². The Bertz CT molecular complexity index is 413. The van der Waals surface area contributed by atoms with Crippen LogP contribution in [0.15, 0.2) is 24.3 Å². The molecule has 2 atom stereocenters. The van der Waals surface area contributed by atoms with Gasteiger partial charge in [0.2, 0.25) is 5.91 Å². The molecule has 0 saturated heterocycles. The number of carbonyl (C=O) groups excluding carboxylic acids is 1. The van der Waals surface area contributed by atoms with Gasteiger partial charge in [0.05, 0.1) is 0 Å². The van der Waals surface area contributed by atoms with Gasteiger partial charge in [-0.3, -0.25) is 4.79 Å². The zero-order chi connectivity index (χ0) is 13.7. The largest absolute Gasteiger partial charge is 0.352 e. The highest BCUT2D eigenvalue weighted by molar-refractivity contribution is 5.79. The van der Waals surface area contributed by atoms with Crippen LogP contribution in [-0.2, 0) is 17.8 Å². The molecule has 0 spiro atoms. The number of rotatable bonds is 5. The van der Waals surface area contributed by atoms with E-state index in [-0.39, 0.29) is 11.8 Å². The number of hydrogen-bond donors (Lipinski definition) is 2. The second kappa shape index (κ2) is 6.71. The molecule has 1 aliphatic carbocycles. The summed E-state index contributed by atoms with van der Waals surface area (Å²) in [5.74, 6) is 0.972. The van der Waals surface area contributed by atoms with E-state index in [2.05, 4.69) is 36.5 Å². The van der Waals surface area contributed by atoms with Crippen molar-refractivity contribution in [2.45, 2.75) is 39.2 Å². The third kappa shape index (κ3) is 3.80. The highest BCUT2D eigenvalue weighted by atomic mass is 16.1. The topological polar surface area (TPSA) is 55.1 Å². The molecule has 2 unspecified atom stereocenters. The second-order valence-corrected chi connectivity index (χ2v) is 5.59. The van der Waals surface area contributed by atoms with E-state index in [1.165, 1.54) is 18.4 Å². The number of carbonyl (C=O) groups is 1. The average Bonchev–Trinajstić information content (AvgIpc) is 2.84. The maximum absolute atomic E-state index is 12.1. The molecule has 1 fully saturated rings. The van der Waals surface area contributed by atoms with Gasteiger partial charge < -0.3 is 11.1 Å². The SMILES string of the molecule is CC1CCCC1C(=O)NCc1ccc(CCN)cc1. The lowest BCUT2D eigenvalue weighted by molar-refractivity contribution is -0.126. The van der Waals surface area contributed by atoms with E-state index in [9.17, 15) is 4.79 Å². The molecule has 19 heavy (non-hydrogen) atoms. The summed E-state index contributed by atoms with van der Waals surface area (Å²) in [4.78, 5) is 12.1. The van der Waals surface area contributed by atoms with Gasteiger partial charge in [0, 0.05) is 12.5 Å². The van der Waals surface area contributed by atoms with Gasteiger partial charge in [-0.05, 0) is 42.9 Å². The third-order valence-corrected chi connectivity index (χ3v) is 4.12. The van der Waals surface area contributed by atoms with Crippen molar-refractivity contribution in [3.05, 3.63) is 35.4 Å².